The van der Waals surface area contributed by atoms with Crippen LogP contribution in [0.3, 0.4) is 0 Å². The van der Waals surface area contributed by atoms with E-state index in [-0.39, 0.29) is 17.2 Å². The zero-order valence-electron chi connectivity index (χ0n) is 18.0. The molecule has 36 heavy (non-hydrogen) atoms. The summed E-state index contributed by atoms with van der Waals surface area (Å²) in [6.07, 6.45) is -3.34. The molecule has 7 nitrogen and oxygen atoms in total. The number of hydrogen-bond acceptors (Lipinski definition) is 6. The lowest BCUT2D eigenvalue weighted by molar-refractivity contribution is -0.385. The maximum atomic E-state index is 13.1. The molecule has 0 aliphatic carbocycles. The highest BCUT2D eigenvalue weighted by molar-refractivity contribution is 8.18. The second kappa shape index (κ2) is 9.82. The van der Waals surface area contributed by atoms with Gasteiger partial charge in [-0.15, -0.1) is 0 Å². The van der Waals surface area contributed by atoms with E-state index >= 15 is 0 Å². The van der Waals surface area contributed by atoms with Crippen molar-refractivity contribution in [3.8, 4) is 11.5 Å². The number of imide groups is 1. The van der Waals surface area contributed by atoms with Crippen molar-refractivity contribution in [1.82, 2.24) is 4.90 Å². The molecule has 0 aromatic heterocycles. The van der Waals surface area contributed by atoms with Gasteiger partial charge in [-0.1, -0.05) is 24.3 Å². The molecule has 1 aliphatic heterocycles. The molecule has 0 saturated carbocycles. The minimum atomic E-state index is -4.76. The standard InChI is InChI=1S/C24H14F4N2O5S/c25-17-7-4-14(5-8-17)13-29-22(31)21(36-23(29)32)11-15-2-1-3-18(10-15)35-20-9-6-16(24(26,27)28)12-19(20)30(33)34/h1-12H,13H2/b21-11+. The fourth-order valence-electron chi connectivity index (χ4n) is 3.28. The third kappa shape index (κ3) is 5.54. The van der Waals surface area contributed by atoms with Crippen LogP contribution in [0.5, 0.6) is 11.5 Å². The van der Waals surface area contributed by atoms with E-state index in [1.165, 1.54) is 48.5 Å². The molecule has 4 rings (SSSR count). The summed E-state index contributed by atoms with van der Waals surface area (Å²) in [5.41, 5.74) is -1.08. The van der Waals surface area contributed by atoms with Crippen molar-refractivity contribution < 1.29 is 36.8 Å². The monoisotopic (exact) mass is 518 g/mol. The van der Waals surface area contributed by atoms with E-state index in [4.69, 9.17) is 4.74 Å². The Morgan fingerprint density at radius 3 is 2.42 bits per heavy atom. The molecule has 1 aliphatic rings. The van der Waals surface area contributed by atoms with Gasteiger partial charge in [-0.2, -0.15) is 13.2 Å². The van der Waals surface area contributed by atoms with Crippen LogP contribution in [0.4, 0.5) is 28.0 Å². The van der Waals surface area contributed by atoms with Crippen molar-refractivity contribution in [1.29, 1.82) is 0 Å². The van der Waals surface area contributed by atoms with Gasteiger partial charge in [-0.05, 0) is 65.4 Å². The molecule has 0 radical (unpaired) electrons. The summed E-state index contributed by atoms with van der Waals surface area (Å²) in [5, 5.41) is 10.8. The highest BCUT2D eigenvalue weighted by Crippen LogP contribution is 2.38. The van der Waals surface area contributed by atoms with Crippen LogP contribution < -0.4 is 4.74 Å². The molecule has 3 aromatic carbocycles. The highest BCUT2D eigenvalue weighted by Gasteiger charge is 2.35. The van der Waals surface area contributed by atoms with Crippen molar-refractivity contribution in [2.24, 2.45) is 0 Å². The number of thioether (sulfide) groups is 1. The summed E-state index contributed by atoms with van der Waals surface area (Å²) in [4.78, 5) is 36.5. The number of rotatable bonds is 6. The lowest BCUT2D eigenvalue weighted by Crippen LogP contribution is -2.27. The number of amides is 2. The van der Waals surface area contributed by atoms with E-state index < -0.39 is 45.1 Å². The van der Waals surface area contributed by atoms with Crippen LogP contribution in [-0.4, -0.2) is 21.0 Å². The third-order valence-corrected chi connectivity index (χ3v) is 5.90. The minimum absolute atomic E-state index is 0.0387. The molecule has 1 saturated heterocycles. The average Bonchev–Trinajstić information content (AvgIpc) is 3.07. The molecule has 0 atom stereocenters. The first-order valence-electron chi connectivity index (χ1n) is 10.1. The summed E-state index contributed by atoms with van der Waals surface area (Å²) in [6.45, 7) is -0.0387. The number of ether oxygens (including phenoxy) is 1. The van der Waals surface area contributed by atoms with Gasteiger partial charge < -0.3 is 4.74 Å². The summed E-state index contributed by atoms with van der Waals surface area (Å²) in [7, 11) is 0. The number of halogens is 4. The number of nitrogens with zero attached hydrogens (tertiary/aromatic N) is 2. The van der Waals surface area contributed by atoms with Crippen LogP contribution in [0.15, 0.2) is 71.6 Å². The Labute approximate surface area is 205 Å². The zero-order valence-corrected chi connectivity index (χ0v) is 18.8. The normalized spacial score (nSPS) is 15.0. The molecule has 0 unspecified atom stereocenters. The van der Waals surface area contributed by atoms with Gasteiger partial charge in [0.25, 0.3) is 11.1 Å². The molecule has 12 heteroatoms. The molecule has 0 N–H and O–H groups in total. The Morgan fingerprint density at radius 2 is 1.75 bits per heavy atom. The predicted octanol–water partition coefficient (Wildman–Crippen LogP) is 6.78. The van der Waals surface area contributed by atoms with Gasteiger partial charge in [0.2, 0.25) is 5.75 Å². The maximum absolute atomic E-state index is 13.1. The van der Waals surface area contributed by atoms with Crippen LogP contribution >= 0.6 is 11.8 Å². The minimum Gasteiger partial charge on any atom is -0.450 e. The van der Waals surface area contributed by atoms with Gasteiger partial charge in [0, 0.05) is 6.07 Å². The van der Waals surface area contributed by atoms with Crippen molar-refractivity contribution in [2.75, 3.05) is 0 Å². The lowest BCUT2D eigenvalue weighted by Gasteiger charge is -2.12. The van der Waals surface area contributed by atoms with E-state index in [1.54, 1.807) is 6.07 Å². The largest absolute Gasteiger partial charge is 0.450 e. The second-order valence-electron chi connectivity index (χ2n) is 7.51. The number of benzene rings is 3. The summed E-state index contributed by atoms with van der Waals surface area (Å²) in [6, 6.07) is 13.2. The van der Waals surface area contributed by atoms with Crippen LogP contribution in [0.25, 0.3) is 6.08 Å². The Balaban J connectivity index is 1.55. The fourth-order valence-corrected chi connectivity index (χ4v) is 4.12. The topological polar surface area (TPSA) is 89.7 Å². The summed E-state index contributed by atoms with van der Waals surface area (Å²) in [5.74, 6) is -1.34. The number of carbonyl (C=O) groups is 2. The molecule has 0 spiro atoms. The van der Waals surface area contributed by atoms with E-state index in [9.17, 15) is 37.3 Å². The number of carbonyl (C=O) groups excluding carboxylic acids is 2. The van der Waals surface area contributed by atoms with Gasteiger partial charge in [0.05, 0.1) is 21.9 Å². The van der Waals surface area contributed by atoms with E-state index in [0.29, 0.717) is 35.0 Å². The smallest absolute Gasteiger partial charge is 0.416 e. The number of nitro groups is 1. The van der Waals surface area contributed by atoms with Crippen molar-refractivity contribution in [2.45, 2.75) is 12.7 Å². The van der Waals surface area contributed by atoms with Crippen LogP contribution in [0, 0.1) is 15.9 Å². The molecule has 184 valence electrons. The Morgan fingerprint density at radius 1 is 1.03 bits per heavy atom. The van der Waals surface area contributed by atoms with E-state index in [1.807, 2.05) is 0 Å². The Hall–Kier alpha value is -4.19. The highest BCUT2D eigenvalue weighted by atomic mass is 32.2. The SMILES string of the molecule is O=C1S/C(=C/c2cccc(Oc3ccc(C(F)(F)F)cc3[N+](=O)[O-])c2)C(=O)N1Cc1ccc(F)cc1. The van der Waals surface area contributed by atoms with E-state index in [0.717, 1.165) is 11.0 Å². The second-order valence-corrected chi connectivity index (χ2v) is 8.50. The predicted molar refractivity (Wildman–Crippen MR) is 123 cm³/mol. The molecular formula is C24H14F4N2O5S. The quantitative estimate of drug-likeness (QED) is 0.155. The summed E-state index contributed by atoms with van der Waals surface area (Å²) < 4.78 is 57.3. The fraction of sp³-hybridized carbons (Fsp3) is 0.0833. The average molecular weight is 518 g/mol. The molecule has 3 aromatic rings. The maximum Gasteiger partial charge on any atom is 0.416 e. The van der Waals surface area contributed by atoms with Crippen LogP contribution in [0.1, 0.15) is 16.7 Å². The molecule has 1 fully saturated rings. The van der Waals surface area contributed by atoms with E-state index in [2.05, 4.69) is 0 Å². The summed E-state index contributed by atoms with van der Waals surface area (Å²) >= 11 is 0.707. The van der Waals surface area contributed by atoms with Crippen molar-refractivity contribution in [3.63, 3.8) is 0 Å². The Kier molecular flexibility index (Phi) is 6.80. The van der Waals surface area contributed by atoms with Gasteiger partial charge in [0.15, 0.2) is 0 Å². The Bertz CT molecular complexity index is 1390. The number of alkyl halides is 3. The number of hydrogen-bond donors (Lipinski definition) is 0. The first-order valence-corrected chi connectivity index (χ1v) is 11.0. The number of nitro benzene ring substituents is 1. The molecule has 0 bridgehead atoms. The first kappa shape index (κ1) is 24.9. The molecular weight excluding hydrogens is 504 g/mol. The lowest BCUT2D eigenvalue weighted by atomic mass is 10.1. The first-order chi connectivity index (χ1) is 17.0. The van der Waals surface area contributed by atoms with Gasteiger partial charge in [-0.3, -0.25) is 24.6 Å². The van der Waals surface area contributed by atoms with Gasteiger partial charge in [0.1, 0.15) is 11.6 Å². The van der Waals surface area contributed by atoms with Gasteiger partial charge in [-0.25, -0.2) is 4.39 Å². The van der Waals surface area contributed by atoms with Crippen LogP contribution in [-0.2, 0) is 17.5 Å². The third-order valence-electron chi connectivity index (χ3n) is 4.99. The molecule has 2 amide bonds. The molecule has 1 heterocycles. The van der Waals surface area contributed by atoms with Crippen molar-refractivity contribution >= 4 is 34.7 Å². The van der Waals surface area contributed by atoms with Crippen molar-refractivity contribution in [3.05, 3.63) is 104 Å². The van der Waals surface area contributed by atoms with Gasteiger partial charge >= 0.3 is 11.9 Å². The van der Waals surface area contributed by atoms with Crippen LogP contribution in [0.2, 0.25) is 0 Å². The zero-order chi connectivity index (χ0) is 26.0.